The number of hydrogen-bond donors (Lipinski definition) is 1. The van der Waals surface area contributed by atoms with Crippen LogP contribution in [0.4, 0.5) is 0 Å². The lowest BCUT2D eigenvalue weighted by Crippen LogP contribution is -2.40. The smallest absolute Gasteiger partial charge is 0.361 e. The van der Waals surface area contributed by atoms with Gasteiger partial charge in [-0.05, 0) is 122 Å². The van der Waals surface area contributed by atoms with Crippen molar-refractivity contribution < 1.29 is 42.9 Å². The summed E-state index contributed by atoms with van der Waals surface area (Å²) < 4.78 is 23.0. The average molecular weight is 1240 g/mol. The monoisotopic (exact) mass is 1230 g/mol. The van der Waals surface area contributed by atoms with Crippen molar-refractivity contribution in [3.63, 3.8) is 0 Å². The van der Waals surface area contributed by atoms with Crippen molar-refractivity contribution >= 4 is 17.9 Å². The Labute approximate surface area is 546 Å². The molecule has 0 bridgehead atoms. The molecule has 89 heavy (non-hydrogen) atoms. The van der Waals surface area contributed by atoms with Crippen molar-refractivity contribution in [2.75, 3.05) is 47.5 Å². The molecule has 0 rings (SSSR count). The molecule has 0 saturated heterocycles. The predicted molar refractivity (Wildman–Crippen MR) is 382 cm³/mol. The molecule has 0 aliphatic rings. The number of nitrogens with zero attached hydrogens (tertiary/aromatic N) is 1. The van der Waals surface area contributed by atoms with E-state index in [1.807, 2.05) is 21.1 Å². The van der Waals surface area contributed by atoms with Gasteiger partial charge in [0.1, 0.15) is 13.2 Å². The van der Waals surface area contributed by atoms with Crippen LogP contribution < -0.4 is 0 Å². The number of carboxylic acid groups (broad SMARTS) is 1. The number of carboxylic acids is 1. The van der Waals surface area contributed by atoms with Gasteiger partial charge < -0.3 is 28.5 Å². The van der Waals surface area contributed by atoms with Crippen molar-refractivity contribution in [2.45, 2.75) is 283 Å². The highest BCUT2D eigenvalue weighted by molar-refractivity contribution is 5.71. The third-order valence-corrected chi connectivity index (χ3v) is 14.8. The Morgan fingerprint density at radius 3 is 0.899 bits per heavy atom. The maximum Gasteiger partial charge on any atom is 0.361 e. The molecule has 2 atom stereocenters. The first-order valence-electron chi connectivity index (χ1n) is 35.6. The molecule has 504 valence electrons. The molecule has 0 fully saturated rings. The minimum absolute atomic E-state index is 0.179. The van der Waals surface area contributed by atoms with Crippen LogP contribution in [0.5, 0.6) is 0 Å². The molecule has 9 heteroatoms. The number of hydrogen-bond acceptors (Lipinski definition) is 7. The summed E-state index contributed by atoms with van der Waals surface area (Å²) in [6.07, 6.45) is 99.2. The molecule has 0 saturated carbocycles. The van der Waals surface area contributed by atoms with Gasteiger partial charge >= 0.3 is 17.9 Å². The van der Waals surface area contributed by atoms with Crippen LogP contribution in [0.25, 0.3) is 0 Å². The number of carbonyl (C=O) groups is 3. The van der Waals surface area contributed by atoms with Gasteiger partial charge in [-0.15, -0.1) is 0 Å². The van der Waals surface area contributed by atoms with Crippen LogP contribution in [0.2, 0.25) is 0 Å². The van der Waals surface area contributed by atoms with E-state index in [-0.39, 0.29) is 32.2 Å². The summed E-state index contributed by atoms with van der Waals surface area (Å²) in [5.41, 5.74) is 0. The van der Waals surface area contributed by atoms with Crippen LogP contribution in [-0.4, -0.2) is 87.4 Å². The van der Waals surface area contributed by atoms with Crippen LogP contribution in [0.1, 0.15) is 271 Å². The Morgan fingerprint density at radius 1 is 0.337 bits per heavy atom. The van der Waals surface area contributed by atoms with Crippen molar-refractivity contribution in [1.29, 1.82) is 0 Å². The number of rotatable bonds is 64. The number of esters is 2. The molecule has 0 radical (unpaired) electrons. The lowest BCUT2D eigenvalue weighted by Gasteiger charge is -2.25. The molecule has 1 N–H and O–H groups in total. The molecule has 0 aromatic carbocycles. The number of ether oxygens (including phenoxy) is 4. The Hall–Kier alpha value is -5.09. The molecular weight excluding hydrogens is 1100 g/mol. The largest absolute Gasteiger partial charge is 0.477 e. The number of likely N-dealkylation sites (N-methyl/N-ethyl adjacent to an activating group) is 1. The zero-order valence-electron chi connectivity index (χ0n) is 57.5. The van der Waals surface area contributed by atoms with E-state index in [1.54, 1.807) is 0 Å². The first-order chi connectivity index (χ1) is 43.6. The summed E-state index contributed by atoms with van der Waals surface area (Å²) in [6, 6.07) is 0. The summed E-state index contributed by atoms with van der Waals surface area (Å²) in [4.78, 5) is 37.7. The minimum atomic E-state index is -1.52. The molecular formula is C80H132NO8+. The normalized spacial score (nSPS) is 13.7. The fourth-order valence-electron chi connectivity index (χ4n) is 9.41. The van der Waals surface area contributed by atoms with E-state index in [4.69, 9.17) is 18.9 Å². The first-order valence-corrected chi connectivity index (χ1v) is 35.6. The van der Waals surface area contributed by atoms with Crippen LogP contribution in [0, 0.1) is 0 Å². The molecule has 0 aromatic heterocycles. The third kappa shape index (κ3) is 70.2. The third-order valence-electron chi connectivity index (χ3n) is 14.8. The highest BCUT2D eigenvalue weighted by Crippen LogP contribution is 2.16. The highest BCUT2D eigenvalue weighted by Gasteiger charge is 2.25. The zero-order valence-corrected chi connectivity index (χ0v) is 57.5. The topological polar surface area (TPSA) is 108 Å². The van der Waals surface area contributed by atoms with Gasteiger partial charge in [-0.2, -0.15) is 0 Å². The fraction of sp³-hybridized carbons (Fsp3) is 0.637. The van der Waals surface area contributed by atoms with E-state index in [9.17, 15) is 19.5 Å². The molecule has 0 aliphatic heterocycles. The molecule has 0 heterocycles. The van der Waals surface area contributed by atoms with Crippen LogP contribution >= 0.6 is 0 Å². The molecule has 0 aliphatic carbocycles. The zero-order chi connectivity index (χ0) is 64.7. The highest BCUT2D eigenvalue weighted by atomic mass is 16.7. The Bertz CT molecular complexity index is 2020. The SMILES string of the molecule is CC/C=C\C/C=C\C/C=C\C/C=C\C/C=C\C/C=C\C/C=C\C/C=C\CCCCCCCCCCC(=O)OC(COC(=O)CCCCCCCCCCCCCCCCC/C=C\C/C=C\C/C=C\C/C=C\C/C=C\CC)COC(OCC[N+](C)(C)C)C(=O)O. The van der Waals surface area contributed by atoms with Gasteiger partial charge in [0, 0.05) is 12.8 Å². The van der Waals surface area contributed by atoms with Gasteiger partial charge in [0.05, 0.1) is 34.4 Å². The van der Waals surface area contributed by atoms with Crippen molar-refractivity contribution in [3.05, 3.63) is 158 Å². The molecule has 0 amide bonds. The molecule has 2 unspecified atom stereocenters. The summed E-state index contributed by atoms with van der Waals surface area (Å²) in [5.74, 6) is -2.02. The van der Waals surface area contributed by atoms with E-state index >= 15 is 0 Å². The number of quaternary nitrogens is 1. The maximum absolute atomic E-state index is 13.0. The second kappa shape index (κ2) is 68.8. The summed E-state index contributed by atoms with van der Waals surface area (Å²) >= 11 is 0. The van der Waals surface area contributed by atoms with Gasteiger partial charge in [-0.1, -0.05) is 294 Å². The summed E-state index contributed by atoms with van der Waals surface area (Å²) in [6.45, 7) is 4.64. The quantitative estimate of drug-likeness (QED) is 0.0211. The molecule has 0 spiro atoms. The Balaban J connectivity index is 4.18. The summed E-state index contributed by atoms with van der Waals surface area (Å²) in [7, 11) is 5.97. The van der Waals surface area contributed by atoms with Gasteiger partial charge in [-0.25, -0.2) is 4.79 Å². The van der Waals surface area contributed by atoms with Gasteiger partial charge in [-0.3, -0.25) is 9.59 Å². The minimum Gasteiger partial charge on any atom is -0.477 e. The number of carbonyl (C=O) groups excluding carboxylic acids is 2. The van der Waals surface area contributed by atoms with Gasteiger partial charge in [0.15, 0.2) is 6.10 Å². The van der Waals surface area contributed by atoms with E-state index in [0.29, 0.717) is 23.9 Å². The summed E-state index contributed by atoms with van der Waals surface area (Å²) in [5, 5.41) is 9.75. The van der Waals surface area contributed by atoms with Crippen LogP contribution in [0.3, 0.4) is 0 Å². The number of unbranched alkanes of at least 4 members (excludes halogenated alkanes) is 23. The van der Waals surface area contributed by atoms with Crippen molar-refractivity contribution in [1.82, 2.24) is 0 Å². The molecule has 9 nitrogen and oxygen atoms in total. The fourth-order valence-corrected chi connectivity index (χ4v) is 9.41. The lowest BCUT2D eigenvalue weighted by atomic mass is 10.0. The molecule has 0 aromatic rings. The number of allylic oxidation sites excluding steroid dienone is 26. The van der Waals surface area contributed by atoms with E-state index < -0.39 is 24.3 Å². The second-order valence-corrected chi connectivity index (χ2v) is 24.4. The standard InChI is InChI=1S/C80H131NO8/c1-6-8-10-12-14-16-18-20-22-24-26-28-30-32-34-36-38-39-41-43-45-47-49-51-53-55-57-59-61-63-65-67-69-71-78(83)89-76(75-88-80(79(84)85)86-73-72-81(3,4)5)74-87-77(82)70-68-66-64-62-60-58-56-54-52-50-48-46-44-42-40-37-35-33-31-29-27-25-23-21-19-17-15-13-11-9-7-2/h8-11,14-17,20-23,26-29,32-35,38-39,43,45,49,51,76,80H,6-7,12-13,18-19,24-25,30-31,36-37,40-42,44,46-48,50,52-75H2,1-5H3/p+1/b10-8-,11-9-,16-14-,17-15-,22-20-,23-21-,28-26-,29-27-,34-32-,35-33-,39-38-,45-43-,51-49-. The van der Waals surface area contributed by atoms with Crippen molar-refractivity contribution in [3.8, 4) is 0 Å². The van der Waals surface area contributed by atoms with Crippen LogP contribution in [0.15, 0.2) is 158 Å². The van der Waals surface area contributed by atoms with E-state index in [1.165, 1.54) is 109 Å². The Kier molecular flexibility index (Phi) is 64.9. The average Bonchev–Trinajstić information content (AvgIpc) is 3.64. The lowest BCUT2D eigenvalue weighted by molar-refractivity contribution is -0.870. The maximum atomic E-state index is 13.0. The predicted octanol–water partition coefficient (Wildman–Crippen LogP) is 22.5. The first kappa shape index (κ1) is 83.9. The van der Waals surface area contributed by atoms with Gasteiger partial charge in [0.25, 0.3) is 6.29 Å². The van der Waals surface area contributed by atoms with E-state index in [2.05, 4.69) is 172 Å². The second-order valence-electron chi connectivity index (χ2n) is 24.4. The van der Waals surface area contributed by atoms with Crippen molar-refractivity contribution in [2.24, 2.45) is 0 Å². The van der Waals surface area contributed by atoms with Gasteiger partial charge in [0.2, 0.25) is 0 Å². The van der Waals surface area contributed by atoms with E-state index in [0.717, 1.165) is 128 Å². The number of aliphatic carboxylic acids is 1. The van der Waals surface area contributed by atoms with Crippen LogP contribution in [-0.2, 0) is 33.3 Å². The Morgan fingerprint density at radius 2 is 0.607 bits per heavy atom.